The molecule has 0 aliphatic carbocycles. The van der Waals surface area contributed by atoms with Gasteiger partial charge in [-0.15, -0.1) is 0 Å². The van der Waals surface area contributed by atoms with Crippen LogP contribution in [0.25, 0.3) is 0 Å². The van der Waals surface area contributed by atoms with Crippen LogP contribution in [0.3, 0.4) is 0 Å². The van der Waals surface area contributed by atoms with Crippen molar-refractivity contribution in [1.29, 1.82) is 0 Å². The smallest absolute Gasteiger partial charge is 0.0838 e. The van der Waals surface area contributed by atoms with E-state index in [9.17, 15) is 5.11 Å². The van der Waals surface area contributed by atoms with Gasteiger partial charge in [0.05, 0.1) is 6.10 Å². The van der Waals surface area contributed by atoms with Crippen molar-refractivity contribution in [2.75, 3.05) is 18.8 Å². The Balaban J connectivity index is 2.15. The van der Waals surface area contributed by atoms with Gasteiger partial charge in [0, 0.05) is 11.3 Å². The number of hydrogen-bond donors (Lipinski definition) is 3. The highest BCUT2D eigenvalue weighted by Gasteiger charge is 2.24. The minimum Gasteiger partial charge on any atom is -0.398 e. The molecule has 0 spiro atoms. The summed E-state index contributed by atoms with van der Waals surface area (Å²) in [4.78, 5) is 0. The molecule has 4 N–H and O–H groups in total. The van der Waals surface area contributed by atoms with Crippen LogP contribution in [-0.2, 0) is 0 Å². The zero-order valence-electron chi connectivity index (χ0n) is 9.74. The van der Waals surface area contributed by atoms with Gasteiger partial charge in [-0.25, -0.2) is 0 Å². The lowest BCUT2D eigenvalue weighted by molar-refractivity contribution is 0.0895. The first-order valence-corrected chi connectivity index (χ1v) is 5.93. The summed E-state index contributed by atoms with van der Waals surface area (Å²) >= 11 is 0. The third kappa shape index (κ3) is 2.36. The van der Waals surface area contributed by atoms with Gasteiger partial charge in [0.25, 0.3) is 0 Å². The van der Waals surface area contributed by atoms with Crippen molar-refractivity contribution in [3.8, 4) is 0 Å². The highest BCUT2D eigenvalue weighted by atomic mass is 16.3. The van der Waals surface area contributed by atoms with Gasteiger partial charge in [-0.3, -0.25) is 0 Å². The van der Waals surface area contributed by atoms with Crippen LogP contribution >= 0.6 is 0 Å². The van der Waals surface area contributed by atoms with Crippen LogP contribution in [0.1, 0.15) is 30.1 Å². The van der Waals surface area contributed by atoms with E-state index in [1.54, 1.807) is 0 Å². The molecule has 2 rings (SSSR count). The summed E-state index contributed by atoms with van der Waals surface area (Å²) in [6.45, 7) is 4.00. The van der Waals surface area contributed by atoms with E-state index in [4.69, 9.17) is 5.73 Å². The van der Waals surface area contributed by atoms with E-state index < -0.39 is 6.10 Å². The Morgan fingerprint density at radius 2 is 2.06 bits per heavy atom. The first kappa shape index (κ1) is 11.4. The molecule has 0 saturated carbocycles. The van der Waals surface area contributed by atoms with Gasteiger partial charge in [-0.1, -0.05) is 12.1 Å². The lowest BCUT2D eigenvalue weighted by Crippen LogP contribution is -2.31. The number of nitrogen functional groups attached to an aromatic ring is 1. The first-order valence-electron chi connectivity index (χ1n) is 5.93. The van der Waals surface area contributed by atoms with Crippen LogP contribution in [0.5, 0.6) is 0 Å². The summed E-state index contributed by atoms with van der Waals surface area (Å²) in [6.07, 6.45) is 1.63. The van der Waals surface area contributed by atoms with Crippen LogP contribution in [0, 0.1) is 12.8 Å². The number of nitrogens with one attached hydrogen (secondary N) is 1. The molecule has 1 atom stereocenters. The summed E-state index contributed by atoms with van der Waals surface area (Å²) in [5, 5.41) is 13.6. The second-order valence-corrected chi connectivity index (χ2v) is 4.66. The van der Waals surface area contributed by atoms with Gasteiger partial charge in [0.2, 0.25) is 0 Å². The van der Waals surface area contributed by atoms with Gasteiger partial charge in [-0.2, -0.15) is 0 Å². The molecule has 1 aliphatic heterocycles. The van der Waals surface area contributed by atoms with Crippen molar-refractivity contribution in [2.24, 2.45) is 5.92 Å². The molecule has 1 aromatic rings. The third-order valence-electron chi connectivity index (χ3n) is 3.39. The average Bonchev–Trinajstić information content (AvgIpc) is 2.29. The second-order valence-electron chi connectivity index (χ2n) is 4.66. The zero-order valence-corrected chi connectivity index (χ0v) is 9.74. The van der Waals surface area contributed by atoms with E-state index in [0.717, 1.165) is 37.1 Å². The number of hydrogen-bond acceptors (Lipinski definition) is 3. The quantitative estimate of drug-likeness (QED) is 0.664. The summed E-state index contributed by atoms with van der Waals surface area (Å²) in [7, 11) is 0. The molecule has 0 aromatic heterocycles. The molecule has 16 heavy (non-hydrogen) atoms. The Bertz CT molecular complexity index is 359. The standard InChI is InChI=1S/C13H20N2O/c1-9-2-3-11(12(14)8-9)13(16)10-4-6-15-7-5-10/h2-3,8,10,13,15-16H,4-7,14H2,1H3. The van der Waals surface area contributed by atoms with Gasteiger partial charge in [0.15, 0.2) is 0 Å². The minimum atomic E-state index is -0.414. The summed E-state index contributed by atoms with van der Waals surface area (Å²) in [5.74, 6) is 0.339. The lowest BCUT2D eigenvalue weighted by atomic mass is 9.87. The predicted octanol–water partition coefficient (Wildman–Crippen LogP) is 1.61. The molecular formula is C13H20N2O. The maximum absolute atomic E-state index is 10.3. The predicted molar refractivity (Wildman–Crippen MR) is 66.1 cm³/mol. The monoisotopic (exact) mass is 220 g/mol. The zero-order chi connectivity index (χ0) is 11.5. The molecule has 3 nitrogen and oxygen atoms in total. The summed E-state index contributed by atoms with van der Waals surface area (Å²) < 4.78 is 0. The van der Waals surface area contributed by atoms with E-state index in [1.165, 1.54) is 0 Å². The number of aryl methyl sites for hydroxylation is 1. The summed E-state index contributed by atoms with van der Waals surface area (Å²) in [6, 6.07) is 5.90. The van der Waals surface area contributed by atoms with Gasteiger partial charge in [-0.05, 0) is 50.4 Å². The molecule has 1 unspecified atom stereocenters. The van der Waals surface area contributed by atoms with Crippen LogP contribution in [0.2, 0.25) is 0 Å². The fourth-order valence-corrected chi connectivity index (χ4v) is 2.38. The molecule has 88 valence electrons. The average molecular weight is 220 g/mol. The van der Waals surface area contributed by atoms with Crippen LogP contribution in [0.4, 0.5) is 5.69 Å². The van der Waals surface area contributed by atoms with Crippen LogP contribution in [0.15, 0.2) is 18.2 Å². The number of rotatable bonds is 2. The number of piperidine rings is 1. The Hall–Kier alpha value is -1.06. The molecule has 3 heteroatoms. The second kappa shape index (κ2) is 4.85. The SMILES string of the molecule is Cc1ccc(C(O)C2CCNCC2)c(N)c1. The van der Waals surface area contributed by atoms with Crippen molar-refractivity contribution in [1.82, 2.24) is 5.32 Å². The normalized spacial score (nSPS) is 19.6. The Morgan fingerprint density at radius 3 is 2.69 bits per heavy atom. The van der Waals surface area contributed by atoms with E-state index in [-0.39, 0.29) is 0 Å². The highest BCUT2D eigenvalue weighted by molar-refractivity contribution is 5.50. The molecule has 0 amide bonds. The number of nitrogens with two attached hydrogens (primary N) is 1. The van der Waals surface area contributed by atoms with Crippen molar-refractivity contribution in [3.05, 3.63) is 29.3 Å². The maximum atomic E-state index is 10.3. The first-order chi connectivity index (χ1) is 7.68. The number of aliphatic hydroxyl groups is 1. The Morgan fingerprint density at radius 1 is 1.38 bits per heavy atom. The molecule has 0 bridgehead atoms. The molecule has 0 radical (unpaired) electrons. The largest absolute Gasteiger partial charge is 0.398 e. The van der Waals surface area contributed by atoms with Gasteiger partial charge >= 0.3 is 0 Å². The van der Waals surface area contributed by atoms with Crippen LogP contribution in [-0.4, -0.2) is 18.2 Å². The summed E-state index contributed by atoms with van der Waals surface area (Å²) in [5.41, 5.74) is 8.69. The van der Waals surface area contributed by atoms with Gasteiger partial charge in [0.1, 0.15) is 0 Å². The van der Waals surface area contributed by atoms with Crippen molar-refractivity contribution >= 4 is 5.69 Å². The van der Waals surface area contributed by atoms with Crippen molar-refractivity contribution in [3.63, 3.8) is 0 Å². The highest BCUT2D eigenvalue weighted by Crippen LogP contribution is 2.32. The third-order valence-corrected chi connectivity index (χ3v) is 3.39. The molecular weight excluding hydrogens is 200 g/mol. The molecule has 1 aliphatic rings. The molecule has 1 heterocycles. The van der Waals surface area contributed by atoms with E-state index in [2.05, 4.69) is 5.32 Å². The van der Waals surface area contributed by atoms with Crippen molar-refractivity contribution < 1.29 is 5.11 Å². The van der Waals surface area contributed by atoms with E-state index in [0.29, 0.717) is 11.6 Å². The fourth-order valence-electron chi connectivity index (χ4n) is 2.38. The molecule has 1 fully saturated rings. The maximum Gasteiger partial charge on any atom is 0.0838 e. The fraction of sp³-hybridized carbons (Fsp3) is 0.538. The lowest BCUT2D eigenvalue weighted by Gasteiger charge is -2.28. The van der Waals surface area contributed by atoms with E-state index >= 15 is 0 Å². The van der Waals surface area contributed by atoms with Crippen molar-refractivity contribution in [2.45, 2.75) is 25.9 Å². The molecule has 1 aromatic carbocycles. The Labute approximate surface area is 96.7 Å². The minimum absolute atomic E-state index is 0.339. The van der Waals surface area contributed by atoms with Crippen LogP contribution < -0.4 is 11.1 Å². The number of benzene rings is 1. The van der Waals surface area contributed by atoms with E-state index in [1.807, 2.05) is 25.1 Å². The molecule has 1 saturated heterocycles. The number of aliphatic hydroxyl groups excluding tert-OH is 1. The topological polar surface area (TPSA) is 58.3 Å². The van der Waals surface area contributed by atoms with Gasteiger partial charge < -0.3 is 16.2 Å². The Kier molecular flexibility index (Phi) is 3.46. The number of anilines is 1.